The van der Waals surface area contributed by atoms with Crippen LogP contribution in [-0.4, -0.2) is 26.0 Å². The molecule has 2 N–H and O–H groups in total. The standard InChI is InChI=1S/C10H11N3O2/c1-2-3-7-12-8-6(10(14)15)4-5-11-9(8)13-7/h4-5H,2-3H2,1H3,(H,14,15)(H,11,12,13). The number of aromatic amines is 1. The van der Waals surface area contributed by atoms with Gasteiger partial charge in [-0.25, -0.2) is 14.8 Å². The van der Waals surface area contributed by atoms with Crippen LogP contribution in [0.5, 0.6) is 0 Å². The van der Waals surface area contributed by atoms with Crippen molar-refractivity contribution in [2.24, 2.45) is 0 Å². The molecule has 0 amide bonds. The molecule has 2 aromatic heterocycles. The van der Waals surface area contributed by atoms with Gasteiger partial charge in [-0.1, -0.05) is 6.92 Å². The molecule has 0 aliphatic carbocycles. The van der Waals surface area contributed by atoms with Crippen molar-refractivity contribution in [2.45, 2.75) is 19.8 Å². The Morgan fingerprint density at radius 2 is 2.40 bits per heavy atom. The quantitative estimate of drug-likeness (QED) is 0.797. The van der Waals surface area contributed by atoms with Crippen molar-refractivity contribution < 1.29 is 9.90 Å². The van der Waals surface area contributed by atoms with Gasteiger partial charge in [0.2, 0.25) is 0 Å². The van der Waals surface area contributed by atoms with Gasteiger partial charge in [0.05, 0.1) is 11.1 Å². The topological polar surface area (TPSA) is 78.9 Å². The molecule has 0 radical (unpaired) electrons. The third-order valence-electron chi connectivity index (χ3n) is 2.16. The summed E-state index contributed by atoms with van der Waals surface area (Å²) in [7, 11) is 0. The maximum Gasteiger partial charge on any atom is 0.338 e. The van der Waals surface area contributed by atoms with Crippen LogP contribution in [0.4, 0.5) is 0 Å². The first-order chi connectivity index (χ1) is 7.22. The molecule has 0 atom stereocenters. The zero-order valence-electron chi connectivity index (χ0n) is 8.32. The SMILES string of the molecule is CCCc1nc2nccc(C(=O)O)c2[nH]1. The molecule has 0 fully saturated rings. The lowest BCUT2D eigenvalue weighted by Crippen LogP contribution is -1.97. The summed E-state index contributed by atoms with van der Waals surface area (Å²) in [5, 5.41) is 8.95. The summed E-state index contributed by atoms with van der Waals surface area (Å²) in [5.74, 6) is -0.178. The third kappa shape index (κ3) is 1.68. The number of carbonyl (C=O) groups is 1. The van der Waals surface area contributed by atoms with Crippen LogP contribution in [-0.2, 0) is 6.42 Å². The first kappa shape index (κ1) is 9.64. The van der Waals surface area contributed by atoms with Crippen molar-refractivity contribution in [3.63, 3.8) is 0 Å². The number of rotatable bonds is 3. The lowest BCUT2D eigenvalue weighted by atomic mass is 10.2. The molecule has 0 saturated heterocycles. The van der Waals surface area contributed by atoms with Gasteiger partial charge in [0.25, 0.3) is 0 Å². The van der Waals surface area contributed by atoms with Gasteiger partial charge in [-0.15, -0.1) is 0 Å². The lowest BCUT2D eigenvalue weighted by Gasteiger charge is -1.93. The number of nitrogens with zero attached hydrogens (tertiary/aromatic N) is 2. The van der Waals surface area contributed by atoms with E-state index >= 15 is 0 Å². The summed E-state index contributed by atoms with van der Waals surface area (Å²) in [6.07, 6.45) is 3.22. The van der Waals surface area contributed by atoms with E-state index in [4.69, 9.17) is 5.11 Å². The number of aromatic carboxylic acids is 1. The van der Waals surface area contributed by atoms with Crippen molar-refractivity contribution >= 4 is 17.1 Å². The Kier molecular flexibility index (Phi) is 2.37. The van der Waals surface area contributed by atoms with Crippen LogP contribution in [0, 0.1) is 0 Å². The normalized spacial score (nSPS) is 10.7. The Bertz CT molecular complexity index is 504. The minimum Gasteiger partial charge on any atom is -0.478 e. The fraction of sp³-hybridized carbons (Fsp3) is 0.300. The van der Waals surface area contributed by atoms with E-state index in [1.165, 1.54) is 12.3 Å². The minimum absolute atomic E-state index is 0.217. The largest absolute Gasteiger partial charge is 0.478 e. The second kappa shape index (κ2) is 3.68. The Balaban J connectivity index is 2.59. The number of fused-ring (bicyclic) bond motifs is 1. The first-order valence-electron chi connectivity index (χ1n) is 4.79. The van der Waals surface area contributed by atoms with Gasteiger partial charge in [0.15, 0.2) is 5.65 Å². The second-order valence-corrected chi connectivity index (χ2v) is 3.30. The molecule has 0 saturated carbocycles. The number of imidazole rings is 1. The highest BCUT2D eigenvalue weighted by molar-refractivity contribution is 5.99. The van der Waals surface area contributed by atoms with Crippen LogP contribution >= 0.6 is 0 Å². The predicted molar refractivity (Wildman–Crippen MR) is 54.8 cm³/mol. The zero-order valence-corrected chi connectivity index (χ0v) is 8.32. The highest BCUT2D eigenvalue weighted by Crippen LogP contribution is 2.14. The number of H-pyrrole nitrogens is 1. The number of hydrogen-bond donors (Lipinski definition) is 2. The molecule has 2 heterocycles. The molecule has 0 spiro atoms. The van der Waals surface area contributed by atoms with Gasteiger partial charge in [0, 0.05) is 12.6 Å². The van der Waals surface area contributed by atoms with Crippen LogP contribution in [0.1, 0.15) is 29.5 Å². The number of aryl methyl sites for hydroxylation is 1. The molecule has 78 valence electrons. The van der Waals surface area contributed by atoms with Gasteiger partial charge < -0.3 is 10.1 Å². The average molecular weight is 205 g/mol. The van der Waals surface area contributed by atoms with E-state index in [0.717, 1.165) is 18.7 Å². The number of nitrogens with one attached hydrogen (secondary N) is 1. The summed E-state index contributed by atoms with van der Waals surface area (Å²) in [4.78, 5) is 22.1. The molecule has 0 aliphatic rings. The lowest BCUT2D eigenvalue weighted by molar-refractivity contribution is 0.0699. The minimum atomic E-state index is -0.964. The van der Waals surface area contributed by atoms with Crippen molar-refractivity contribution in [2.75, 3.05) is 0 Å². The third-order valence-corrected chi connectivity index (χ3v) is 2.16. The molecule has 0 aliphatic heterocycles. The highest BCUT2D eigenvalue weighted by Gasteiger charge is 2.12. The van der Waals surface area contributed by atoms with Crippen LogP contribution in [0.3, 0.4) is 0 Å². The second-order valence-electron chi connectivity index (χ2n) is 3.30. The maximum absolute atomic E-state index is 10.9. The van der Waals surface area contributed by atoms with E-state index in [1.54, 1.807) is 0 Å². The molecular weight excluding hydrogens is 194 g/mol. The van der Waals surface area contributed by atoms with Gasteiger partial charge in [0.1, 0.15) is 5.82 Å². The van der Waals surface area contributed by atoms with E-state index < -0.39 is 5.97 Å². The van der Waals surface area contributed by atoms with Crippen LogP contribution in [0.15, 0.2) is 12.3 Å². The molecule has 2 rings (SSSR count). The number of aromatic nitrogens is 3. The molecule has 0 unspecified atom stereocenters. The Morgan fingerprint density at radius 1 is 1.60 bits per heavy atom. The summed E-state index contributed by atoms with van der Waals surface area (Å²) < 4.78 is 0. The fourth-order valence-corrected chi connectivity index (χ4v) is 1.49. The Morgan fingerprint density at radius 3 is 3.07 bits per heavy atom. The molecule has 5 heteroatoms. The van der Waals surface area contributed by atoms with E-state index in [1.807, 2.05) is 6.92 Å². The van der Waals surface area contributed by atoms with Crippen molar-refractivity contribution in [1.29, 1.82) is 0 Å². The highest BCUT2D eigenvalue weighted by atomic mass is 16.4. The molecule has 2 aromatic rings. The van der Waals surface area contributed by atoms with E-state index in [-0.39, 0.29) is 5.56 Å². The summed E-state index contributed by atoms with van der Waals surface area (Å²) in [6, 6.07) is 1.47. The van der Waals surface area contributed by atoms with Crippen molar-refractivity contribution in [1.82, 2.24) is 15.0 Å². The van der Waals surface area contributed by atoms with Crippen LogP contribution in [0.25, 0.3) is 11.2 Å². The van der Waals surface area contributed by atoms with E-state index in [2.05, 4.69) is 15.0 Å². The molecule has 5 nitrogen and oxygen atoms in total. The predicted octanol–water partition coefficient (Wildman–Crippen LogP) is 1.61. The summed E-state index contributed by atoms with van der Waals surface area (Å²) >= 11 is 0. The van der Waals surface area contributed by atoms with Gasteiger partial charge in [-0.3, -0.25) is 0 Å². The van der Waals surface area contributed by atoms with E-state index in [0.29, 0.717) is 11.2 Å². The van der Waals surface area contributed by atoms with Gasteiger partial charge in [-0.05, 0) is 12.5 Å². The molecule has 0 bridgehead atoms. The monoisotopic (exact) mass is 205 g/mol. The molecule has 0 aromatic carbocycles. The number of pyridine rings is 1. The summed E-state index contributed by atoms with van der Waals surface area (Å²) in [5.41, 5.74) is 1.20. The average Bonchev–Trinajstić information content (AvgIpc) is 2.59. The van der Waals surface area contributed by atoms with Crippen LogP contribution < -0.4 is 0 Å². The number of hydrogen-bond acceptors (Lipinski definition) is 3. The molecule has 15 heavy (non-hydrogen) atoms. The Labute approximate surface area is 86.2 Å². The zero-order chi connectivity index (χ0) is 10.8. The van der Waals surface area contributed by atoms with Gasteiger partial charge >= 0.3 is 5.97 Å². The maximum atomic E-state index is 10.9. The first-order valence-corrected chi connectivity index (χ1v) is 4.79. The molecular formula is C10H11N3O2. The number of carboxylic acids is 1. The Hall–Kier alpha value is -1.91. The van der Waals surface area contributed by atoms with Crippen LogP contribution in [0.2, 0.25) is 0 Å². The smallest absolute Gasteiger partial charge is 0.338 e. The fourth-order valence-electron chi connectivity index (χ4n) is 1.49. The number of carboxylic acid groups (broad SMARTS) is 1. The van der Waals surface area contributed by atoms with Crippen molar-refractivity contribution in [3.8, 4) is 0 Å². The van der Waals surface area contributed by atoms with Gasteiger partial charge in [-0.2, -0.15) is 0 Å². The van der Waals surface area contributed by atoms with Crippen molar-refractivity contribution in [3.05, 3.63) is 23.7 Å². The summed E-state index contributed by atoms with van der Waals surface area (Å²) in [6.45, 7) is 2.04. The van der Waals surface area contributed by atoms with E-state index in [9.17, 15) is 4.79 Å².